The monoisotopic (exact) mass is 304 g/mol. The van der Waals surface area contributed by atoms with E-state index in [4.69, 9.17) is 25.4 Å². The van der Waals surface area contributed by atoms with Gasteiger partial charge in [0.05, 0.1) is 12.2 Å². The fourth-order valence-corrected chi connectivity index (χ4v) is 2.63. The highest BCUT2D eigenvalue weighted by Crippen LogP contribution is 2.35. The first-order valence-corrected chi connectivity index (χ1v) is 7.28. The van der Waals surface area contributed by atoms with Crippen molar-refractivity contribution in [1.82, 2.24) is 9.55 Å². The number of hydrogen-bond donors (Lipinski definition) is 4. The van der Waals surface area contributed by atoms with Gasteiger partial charge >= 0.3 is 5.69 Å². The van der Waals surface area contributed by atoms with Crippen molar-refractivity contribution < 1.29 is 14.2 Å². The fraction of sp³-hybridized carbons (Fsp3) is 0.600. The van der Waals surface area contributed by atoms with E-state index in [0.29, 0.717) is 12.0 Å². The van der Waals surface area contributed by atoms with Crippen LogP contribution >= 0.6 is 8.53 Å². The Morgan fingerprint density at radius 2 is 2.35 bits per heavy atom. The Balaban J connectivity index is 2.25. The second kappa shape index (κ2) is 6.13. The summed E-state index contributed by atoms with van der Waals surface area (Å²) in [5, 5.41) is 0. The van der Waals surface area contributed by atoms with Crippen LogP contribution in [-0.2, 0) is 9.26 Å². The molecule has 0 aromatic carbocycles. The standard InChI is InChI=1S/C10H17N4O5P/c1-5-4-14(10(16)13-9(5)15)8-2-6(19-20(12)17)7(3-11)18-8/h4,6-8,17H,2-3,11-12H2,1H3,(H,13,15,16)/t6-,7+,8+,20?/m0/s1. The number of aryl methyl sites for hydroxylation is 1. The number of nitrogens with zero attached hydrogens (tertiary/aromatic N) is 1. The highest BCUT2D eigenvalue weighted by molar-refractivity contribution is 7.43. The van der Waals surface area contributed by atoms with Crippen LogP contribution in [0.25, 0.3) is 0 Å². The Morgan fingerprint density at radius 3 is 2.95 bits per heavy atom. The van der Waals surface area contributed by atoms with Crippen molar-refractivity contribution in [3.63, 3.8) is 0 Å². The molecule has 1 saturated heterocycles. The Hall–Kier alpha value is -1.09. The van der Waals surface area contributed by atoms with Crippen LogP contribution in [0.4, 0.5) is 0 Å². The maximum Gasteiger partial charge on any atom is 0.330 e. The molecule has 2 heterocycles. The average molecular weight is 304 g/mol. The van der Waals surface area contributed by atoms with Crippen molar-refractivity contribution in [1.29, 1.82) is 0 Å². The summed E-state index contributed by atoms with van der Waals surface area (Å²) < 4.78 is 12.1. The molecule has 1 aliphatic heterocycles. The van der Waals surface area contributed by atoms with Gasteiger partial charge in [0.25, 0.3) is 5.56 Å². The van der Waals surface area contributed by atoms with Gasteiger partial charge in [-0.1, -0.05) is 0 Å². The number of nitrogens with one attached hydrogen (secondary N) is 1. The molecular weight excluding hydrogens is 287 g/mol. The molecule has 0 aliphatic carbocycles. The number of ether oxygens (including phenoxy) is 1. The molecule has 20 heavy (non-hydrogen) atoms. The van der Waals surface area contributed by atoms with E-state index in [2.05, 4.69) is 4.98 Å². The minimum Gasteiger partial charge on any atom is -0.350 e. The van der Waals surface area contributed by atoms with Gasteiger partial charge in [0, 0.05) is 24.7 Å². The Bertz CT molecular complexity index is 586. The predicted molar refractivity (Wildman–Crippen MR) is 71.8 cm³/mol. The molecule has 0 amide bonds. The first-order valence-electron chi connectivity index (χ1n) is 6.00. The summed E-state index contributed by atoms with van der Waals surface area (Å²) in [4.78, 5) is 34.5. The second-order valence-electron chi connectivity index (χ2n) is 4.53. The van der Waals surface area contributed by atoms with E-state index in [1.165, 1.54) is 10.8 Å². The predicted octanol–water partition coefficient (Wildman–Crippen LogP) is -1.35. The molecule has 2 rings (SSSR count). The van der Waals surface area contributed by atoms with Gasteiger partial charge in [-0.15, -0.1) is 0 Å². The van der Waals surface area contributed by atoms with E-state index >= 15 is 0 Å². The van der Waals surface area contributed by atoms with Crippen LogP contribution in [0.1, 0.15) is 18.2 Å². The van der Waals surface area contributed by atoms with Gasteiger partial charge in [-0.25, -0.2) is 4.79 Å². The Kier molecular flexibility index (Phi) is 4.69. The molecule has 1 aromatic heterocycles. The normalized spacial score (nSPS) is 27.7. The highest BCUT2D eigenvalue weighted by atomic mass is 31.2. The molecule has 0 spiro atoms. The van der Waals surface area contributed by atoms with Gasteiger partial charge in [-0.2, -0.15) is 0 Å². The smallest absolute Gasteiger partial charge is 0.330 e. The lowest BCUT2D eigenvalue weighted by atomic mass is 10.2. The maximum absolute atomic E-state index is 11.8. The number of nitrogens with two attached hydrogens (primary N) is 2. The van der Waals surface area contributed by atoms with Crippen molar-refractivity contribution in [3.8, 4) is 0 Å². The molecule has 1 unspecified atom stereocenters. The van der Waals surface area contributed by atoms with E-state index in [1.54, 1.807) is 6.92 Å². The third kappa shape index (κ3) is 3.14. The first-order chi connectivity index (χ1) is 9.42. The van der Waals surface area contributed by atoms with Gasteiger partial charge in [0.15, 0.2) is 0 Å². The van der Waals surface area contributed by atoms with Crippen LogP contribution in [0, 0.1) is 6.92 Å². The van der Waals surface area contributed by atoms with E-state index in [-0.39, 0.29) is 6.54 Å². The highest BCUT2D eigenvalue weighted by Gasteiger charge is 2.37. The lowest BCUT2D eigenvalue weighted by Gasteiger charge is -2.17. The van der Waals surface area contributed by atoms with Crippen molar-refractivity contribution in [2.24, 2.45) is 11.2 Å². The molecule has 10 heteroatoms. The van der Waals surface area contributed by atoms with Crippen molar-refractivity contribution in [3.05, 3.63) is 32.6 Å². The van der Waals surface area contributed by atoms with Gasteiger partial charge in [0.1, 0.15) is 6.23 Å². The molecule has 4 atom stereocenters. The molecule has 112 valence electrons. The number of aromatic nitrogens is 2. The topological polar surface area (TPSA) is 146 Å². The molecule has 9 nitrogen and oxygen atoms in total. The van der Waals surface area contributed by atoms with Gasteiger partial charge in [-0.3, -0.25) is 19.8 Å². The minimum atomic E-state index is -2.03. The van der Waals surface area contributed by atoms with E-state index < -0.39 is 38.2 Å². The Labute approximate surface area is 115 Å². The summed E-state index contributed by atoms with van der Waals surface area (Å²) in [5.41, 5.74) is 10.2. The lowest BCUT2D eigenvalue weighted by Crippen LogP contribution is -2.34. The maximum atomic E-state index is 11.8. The zero-order valence-corrected chi connectivity index (χ0v) is 11.7. The summed E-state index contributed by atoms with van der Waals surface area (Å²) in [6.07, 6.45) is 0.146. The van der Waals surface area contributed by atoms with Crippen LogP contribution < -0.4 is 22.5 Å². The minimum absolute atomic E-state index is 0.168. The SMILES string of the molecule is Cc1cn([C@H]2C[C@H](OP(N)O)[C@@H](CN)O2)c(=O)[nH]c1=O. The third-order valence-electron chi connectivity index (χ3n) is 3.11. The molecule has 0 radical (unpaired) electrons. The van der Waals surface area contributed by atoms with Crippen molar-refractivity contribution in [2.45, 2.75) is 31.8 Å². The van der Waals surface area contributed by atoms with E-state index in [0.717, 1.165) is 0 Å². The summed E-state index contributed by atoms with van der Waals surface area (Å²) >= 11 is 0. The van der Waals surface area contributed by atoms with Crippen LogP contribution in [0.2, 0.25) is 0 Å². The van der Waals surface area contributed by atoms with Gasteiger partial charge in [-0.05, 0) is 6.92 Å². The summed E-state index contributed by atoms with van der Waals surface area (Å²) in [6.45, 7) is 1.76. The number of rotatable bonds is 4. The van der Waals surface area contributed by atoms with Crippen LogP contribution in [-0.4, -0.2) is 33.2 Å². The first kappa shape index (κ1) is 15.3. The molecule has 1 aromatic rings. The van der Waals surface area contributed by atoms with Crippen LogP contribution in [0.3, 0.4) is 0 Å². The second-order valence-corrected chi connectivity index (χ2v) is 5.34. The van der Waals surface area contributed by atoms with Crippen molar-refractivity contribution in [2.75, 3.05) is 6.54 Å². The zero-order chi connectivity index (χ0) is 14.9. The van der Waals surface area contributed by atoms with E-state index in [9.17, 15) is 9.59 Å². The van der Waals surface area contributed by atoms with Crippen LogP contribution in [0.15, 0.2) is 15.8 Å². The number of hydrogen-bond acceptors (Lipinski definition) is 7. The molecule has 1 fully saturated rings. The Morgan fingerprint density at radius 1 is 1.65 bits per heavy atom. The van der Waals surface area contributed by atoms with Crippen molar-refractivity contribution >= 4 is 8.53 Å². The number of H-pyrrole nitrogens is 1. The fourth-order valence-electron chi connectivity index (χ4n) is 2.13. The average Bonchev–Trinajstić information content (AvgIpc) is 2.75. The summed E-state index contributed by atoms with van der Waals surface area (Å²) in [6, 6.07) is 0. The largest absolute Gasteiger partial charge is 0.350 e. The zero-order valence-electron chi connectivity index (χ0n) is 10.9. The molecule has 1 aliphatic rings. The molecular formula is C10H17N4O5P. The molecule has 0 bridgehead atoms. The summed E-state index contributed by atoms with van der Waals surface area (Å²) in [5.74, 6) is 0. The number of aromatic amines is 1. The summed E-state index contributed by atoms with van der Waals surface area (Å²) in [7, 11) is -2.03. The molecule has 6 N–H and O–H groups in total. The van der Waals surface area contributed by atoms with Gasteiger partial charge in [0.2, 0.25) is 8.53 Å². The third-order valence-corrected chi connectivity index (χ3v) is 3.60. The van der Waals surface area contributed by atoms with E-state index in [1.807, 2.05) is 0 Å². The van der Waals surface area contributed by atoms with Gasteiger partial charge < -0.3 is 19.9 Å². The quantitative estimate of drug-likeness (QED) is 0.503. The van der Waals surface area contributed by atoms with Crippen LogP contribution in [0.5, 0.6) is 0 Å². The lowest BCUT2D eigenvalue weighted by molar-refractivity contribution is -0.0114. The molecule has 0 saturated carbocycles.